The van der Waals surface area contributed by atoms with Gasteiger partial charge in [0.05, 0.1) is 5.39 Å². The van der Waals surface area contributed by atoms with Crippen LogP contribution in [0.1, 0.15) is 61.0 Å². The summed E-state index contributed by atoms with van der Waals surface area (Å²) in [5, 5.41) is 6.29. The fourth-order valence-electron chi connectivity index (χ4n) is 5.32. The minimum absolute atomic E-state index is 0. The lowest BCUT2D eigenvalue weighted by Crippen LogP contribution is -2.59. The number of anilines is 1. The van der Waals surface area contributed by atoms with Gasteiger partial charge in [-0.1, -0.05) is 24.3 Å². The van der Waals surface area contributed by atoms with Crippen molar-refractivity contribution in [1.82, 2.24) is 25.2 Å². The zero-order valence-corrected chi connectivity index (χ0v) is 21.4. The van der Waals surface area contributed by atoms with E-state index in [1.165, 1.54) is 13.1 Å². The van der Waals surface area contributed by atoms with E-state index in [-0.39, 0.29) is 23.9 Å². The summed E-state index contributed by atoms with van der Waals surface area (Å²) in [6.45, 7) is 5.71. The first-order valence-electron chi connectivity index (χ1n) is 12.3. The second-order valence-corrected chi connectivity index (χ2v) is 9.31. The third-order valence-electron chi connectivity index (χ3n) is 6.97. The van der Waals surface area contributed by atoms with Gasteiger partial charge in [0.1, 0.15) is 16.9 Å². The van der Waals surface area contributed by atoms with Crippen LogP contribution in [0.2, 0.25) is 0 Å². The number of hydrogen-bond donors (Lipinski definition) is 2. The summed E-state index contributed by atoms with van der Waals surface area (Å²) in [5.41, 5.74) is 0.948. The topological polar surface area (TPSA) is 109 Å². The zero-order chi connectivity index (χ0) is 24.6. The number of halogens is 1. The molecule has 5 rings (SSSR count). The van der Waals surface area contributed by atoms with Gasteiger partial charge in [-0.15, -0.1) is 12.4 Å². The minimum atomic E-state index is -1.08. The fraction of sp³-hybridized carbons (Fsp3) is 0.423. The van der Waals surface area contributed by atoms with Gasteiger partial charge in [-0.3, -0.25) is 14.4 Å². The third-order valence-corrected chi connectivity index (χ3v) is 6.97. The summed E-state index contributed by atoms with van der Waals surface area (Å²) >= 11 is 0. The zero-order valence-electron chi connectivity index (χ0n) is 20.5. The van der Waals surface area contributed by atoms with Crippen molar-refractivity contribution in [3.05, 3.63) is 63.6 Å². The highest BCUT2D eigenvalue weighted by molar-refractivity contribution is 5.97. The van der Waals surface area contributed by atoms with Crippen molar-refractivity contribution in [3.8, 4) is 0 Å². The number of benzene rings is 1. The number of aryl methyl sites for hydroxylation is 2. The van der Waals surface area contributed by atoms with Gasteiger partial charge in [-0.05, 0) is 44.6 Å². The summed E-state index contributed by atoms with van der Waals surface area (Å²) in [7, 11) is 0. The Morgan fingerprint density at radius 2 is 1.86 bits per heavy atom. The van der Waals surface area contributed by atoms with E-state index in [0.29, 0.717) is 29.9 Å². The second kappa shape index (κ2) is 10.3. The normalized spacial score (nSPS) is 18.9. The highest BCUT2D eigenvalue weighted by Gasteiger charge is 2.39. The highest BCUT2D eigenvalue weighted by Crippen LogP contribution is 2.33. The molecule has 10 heteroatoms. The van der Waals surface area contributed by atoms with E-state index in [2.05, 4.69) is 25.5 Å². The maximum Gasteiger partial charge on any atom is 0.258 e. The molecule has 2 aliphatic rings. The van der Waals surface area contributed by atoms with Crippen LogP contribution in [-0.4, -0.2) is 39.4 Å². The molecule has 1 aliphatic heterocycles. The number of amides is 2. The van der Waals surface area contributed by atoms with Crippen molar-refractivity contribution in [2.75, 3.05) is 18.0 Å². The van der Waals surface area contributed by atoms with Gasteiger partial charge in [0, 0.05) is 44.5 Å². The van der Waals surface area contributed by atoms with E-state index in [9.17, 15) is 14.4 Å². The van der Waals surface area contributed by atoms with E-state index >= 15 is 0 Å². The summed E-state index contributed by atoms with van der Waals surface area (Å²) in [5.74, 6) is -0.181. The number of pyridine rings is 1. The molecular formula is C26H31ClN6O3. The number of nitrogens with one attached hydrogen (secondary N) is 2. The molecule has 1 unspecified atom stereocenters. The second-order valence-electron chi connectivity index (χ2n) is 9.31. The monoisotopic (exact) mass is 510 g/mol. The summed E-state index contributed by atoms with van der Waals surface area (Å²) in [4.78, 5) is 50.4. The maximum absolute atomic E-state index is 13.6. The number of hydrogen-bond acceptors (Lipinski definition) is 6. The first-order valence-corrected chi connectivity index (χ1v) is 12.3. The van der Waals surface area contributed by atoms with Crippen molar-refractivity contribution >= 4 is 41.2 Å². The number of carbonyl (C=O) groups excluding carboxylic acids is 2. The maximum atomic E-state index is 13.6. The molecule has 3 aromatic rings. The molecule has 1 saturated heterocycles. The smallest absolute Gasteiger partial charge is 0.258 e. The van der Waals surface area contributed by atoms with Crippen LogP contribution in [0, 0.1) is 0 Å². The van der Waals surface area contributed by atoms with E-state index in [0.717, 1.165) is 49.9 Å². The molecule has 0 saturated carbocycles. The largest absolute Gasteiger partial charge is 0.341 e. The molecule has 2 amide bonds. The van der Waals surface area contributed by atoms with Crippen LogP contribution in [0.25, 0.3) is 11.0 Å². The molecule has 2 aromatic heterocycles. The predicted molar refractivity (Wildman–Crippen MR) is 141 cm³/mol. The summed E-state index contributed by atoms with van der Waals surface area (Å²) in [6, 6.07) is 7.77. The van der Waals surface area contributed by atoms with Crippen LogP contribution >= 0.6 is 12.4 Å². The van der Waals surface area contributed by atoms with Crippen LogP contribution in [0.4, 0.5) is 5.95 Å². The molecule has 0 bridgehead atoms. The molecular weight excluding hydrogens is 480 g/mol. The molecule has 9 nitrogen and oxygen atoms in total. The standard InChI is InChI=1S/C26H30N6O3.ClH/c1-3-31-16-20(22(34)19-15-27-25(28-23(19)31)32-13-6-7-14-32)24(35)30-26(29-17(2)33)12-8-10-18-9-4-5-11-21(18)26;/h4-5,9,11,15-16H,3,6-8,10,12-14H2,1-2H3,(H,29,33)(H,30,35);1H. The fourth-order valence-corrected chi connectivity index (χ4v) is 5.32. The average Bonchev–Trinajstić information content (AvgIpc) is 3.39. The quantitative estimate of drug-likeness (QED) is 0.511. The van der Waals surface area contributed by atoms with Crippen LogP contribution in [-0.2, 0) is 23.4 Å². The number of carbonyl (C=O) groups is 2. The van der Waals surface area contributed by atoms with E-state index in [1.807, 2.05) is 35.8 Å². The third kappa shape index (κ3) is 4.55. The molecule has 190 valence electrons. The minimum Gasteiger partial charge on any atom is -0.341 e. The molecule has 1 fully saturated rings. The van der Waals surface area contributed by atoms with Crippen LogP contribution in [0.5, 0.6) is 0 Å². The van der Waals surface area contributed by atoms with Crippen molar-refractivity contribution in [1.29, 1.82) is 0 Å². The molecule has 1 aromatic carbocycles. The van der Waals surface area contributed by atoms with E-state index < -0.39 is 17.0 Å². The molecule has 0 spiro atoms. The van der Waals surface area contributed by atoms with Crippen LogP contribution in [0.15, 0.2) is 41.5 Å². The lowest BCUT2D eigenvalue weighted by Gasteiger charge is -2.40. The number of aromatic nitrogens is 3. The first kappa shape index (κ1) is 25.6. The first-order chi connectivity index (χ1) is 16.9. The lowest BCUT2D eigenvalue weighted by molar-refractivity contribution is -0.121. The molecule has 36 heavy (non-hydrogen) atoms. The summed E-state index contributed by atoms with van der Waals surface area (Å²) in [6.07, 6.45) is 7.48. The van der Waals surface area contributed by atoms with Gasteiger partial charge < -0.3 is 20.1 Å². The number of rotatable bonds is 5. The molecule has 2 N–H and O–H groups in total. The molecule has 3 heterocycles. The van der Waals surface area contributed by atoms with Crippen molar-refractivity contribution < 1.29 is 9.59 Å². The van der Waals surface area contributed by atoms with Gasteiger partial charge in [0.15, 0.2) is 0 Å². The predicted octanol–water partition coefficient (Wildman–Crippen LogP) is 2.89. The highest BCUT2D eigenvalue weighted by atomic mass is 35.5. The van der Waals surface area contributed by atoms with E-state index in [1.54, 1.807) is 6.20 Å². The van der Waals surface area contributed by atoms with Gasteiger partial charge in [0.2, 0.25) is 17.3 Å². The Hall–Kier alpha value is -3.46. The average molecular weight is 511 g/mol. The molecule has 0 radical (unpaired) electrons. The Morgan fingerprint density at radius 1 is 1.11 bits per heavy atom. The van der Waals surface area contributed by atoms with Gasteiger partial charge in [0.25, 0.3) is 5.91 Å². The van der Waals surface area contributed by atoms with Crippen molar-refractivity contribution in [2.24, 2.45) is 0 Å². The molecule has 1 aliphatic carbocycles. The number of fused-ring (bicyclic) bond motifs is 2. The van der Waals surface area contributed by atoms with Crippen molar-refractivity contribution in [3.63, 3.8) is 0 Å². The van der Waals surface area contributed by atoms with Gasteiger partial charge in [-0.2, -0.15) is 4.98 Å². The van der Waals surface area contributed by atoms with Crippen molar-refractivity contribution in [2.45, 2.75) is 58.2 Å². The van der Waals surface area contributed by atoms with Gasteiger partial charge >= 0.3 is 0 Å². The lowest BCUT2D eigenvalue weighted by atomic mass is 9.82. The Morgan fingerprint density at radius 3 is 2.58 bits per heavy atom. The molecule has 1 atom stereocenters. The Kier molecular flexibility index (Phi) is 7.31. The SMILES string of the molecule is CCn1cc(C(=O)NC2(NC(C)=O)CCCc3ccccc32)c(=O)c2cnc(N3CCCC3)nc21.Cl. The van der Waals surface area contributed by atoms with E-state index in [4.69, 9.17) is 0 Å². The summed E-state index contributed by atoms with van der Waals surface area (Å²) < 4.78 is 1.81. The number of nitrogens with zero attached hydrogens (tertiary/aromatic N) is 4. The Balaban J connectivity index is 0.00000304. The van der Waals surface area contributed by atoms with Crippen LogP contribution in [0.3, 0.4) is 0 Å². The van der Waals surface area contributed by atoms with Gasteiger partial charge in [-0.25, -0.2) is 4.98 Å². The Labute approximate surface area is 215 Å². The Bertz CT molecular complexity index is 1370. The van der Waals surface area contributed by atoms with Crippen LogP contribution < -0.4 is 21.0 Å².